The van der Waals surface area contributed by atoms with E-state index in [9.17, 15) is 0 Å². The molecule has 18 heavy (non-hydrogen) atoms. The number of nitrogens with zero attached hydrogens (tertiary/aromatic N) is 2. The number of likely N-dealkylation sites (tertiary alicyclic amines) is 1. The van der Waals surface area contributed by atoms with E-state index in [1.807, 2.05) is 11.3 Å². The molecule has 1 fully saturated rings. The van der Waals surface area contributed by atoms with Gasteiger partial charge in [-0.15, -0.1) is 11.3 Å². The van der Waals surface area contributed by atoms with Crippen molar-refractivity contribution in [1.29, 1.82) is 0 Å². The number of piperidine rings is 1. The van der Waals surface area contributed by atoms with Crippen LogP contribution in [-0.4, -0.2) is 36.6 Å². The average Bonchev–Trinajstić information content (AvgIpc) is 2.70. The Balaban J connectivity index is 2.24. The summed E-state index contributed by atoms with van der Waals surface area (Å²) < 4.78 is 0. The van der Waals surface area contributed by atoms with Gasteiger partial charge >= 0.3 is 0 Å². The number of hydrogen-bond donors (Lipinski definition) is 1. The molecule has 0 aromatic carbocycles. The maximum Gasteiger partial charge on any atom is 0.113 e. The van der Waals surface area contributed by atoms with Crippen molar-refractivity contribution in [3.05, 3.63) is 15.6 Å². The average molecular weight is 267 g/mol. The van der Waals surface area contributed by atoms with Crippen LogP contribution in [0.15, 0.2) is 0 Å². The molecular formula is C14H25N3S. The van der Waals surface area contributed by atoms with Gasteiger partial charge in [-0.25, -0.2) is 4.98 Å². The Morgan fingerprint density at radius 3 is 2.50 bits per heavy atom. The molecule has 0 amide bonds. The van der Waals surface area contributed by atoms with Gasteiger partial charge < -0.3 is 10.2 Å². The van der Waals surface area contributed by atoms with Crippen molar-refractivity contribution >= 4 is 11.3 Å². The van der Waals surface area contributed by atoms with Gasteiger partial charge in [0.1, 0.15) is 5.01 Å². The van der Waals surface area contributed by atoms with E-state index in [4.69, 9.17) is 4.98 Å². The molecule has 3 nitrogen and oxygen atoms in total. The Morgan fingerprint density at radius 1 is 1.33 bits per heavy atom. The van der Waals surface area contributed by atoms with Crippen molar-refractivity contribution in [3.8, 4) is 0 Å². The Kier molecular flexibility index (Phi) is 4.41. The van der Waals surface area contributed by atoms with E-state index in [1.165, 1.54) is 34.8 Å². The summed E-state index contributed by atoms with van der Waals surface area (Å²) in [6.07, 6.45) is 3.53. The lowest BCUT2D eigenvalue weighted by Crippen LogP contribution is -2.50. The predicted octanol–water partition coefficient (Wildman–Crippen LogP) is 2.68. The van der Waals surface area contributed by atoms with E-state index in [0.29, 0.717) is 0 Å². The molecule has 0 radical (unpaired) electrons. The summed E-state index contributed by atoms with van der Waals surface area (Å²) in [5, 5.41) is 5.09. The van der Waals surface area contributed by atoms with Crippen LogP contribution < -0.4 is 5.32 Å². The van der Waals surface area contributed by atoms with Crippen LogP contribution in [0.3, 0.4) is 0 Å². The van der Waals surface area contributed by atoms with E-state index < -0.39 is 0 Å². The van der Waals surface area contributed by atoms with Crippen LogP contribution >= 0.6 is 11.3 Å². The first kappa shape index (κ1) is 14.0. The Hall–Kier alpha value is -0.450. The molecule has 1 aromatic rings. The summed E-state index contributed by atoms with van der Waals surface area (Å²) in [6.45, 7) is 9.94. The summed E-state index contributed by atoms with van der Waals surface area (Å²) in [5.41, 5.74) is 1.33. The zero-order valence-corrected chi connectivity index (χ0v) is 12.9. The fraction of sp³-hybridized carbons (Fsp3) is 0.786. The lowest BCUT2D eigenvalue weighted by Gasteiger charge is -2.40. The summed E-state index contributed by atoms with van der Waals surface area (Å²) in [5.74, 6) is 0. The standard InChI is InChI=1S/C14H25N3S/c1-5-8-15-14(6-9-17(4)10-7-14)13-16-11(2)12(3)18-13/h15H,5-10H2,1-4H3. The van der Waals surface area contributed by atoms with Crippen molar-refractivity contribution in [2.75, 3.05) is 26.7 Å². The molecule has 0 atom stereocenters. The lowest BCUT2D eigenvalue weighted by molar-refractivity contribution is 0.156. The first-order valence-electron chi connectivity index (χ1n) is 6.95. The molecule has 0 saturated carbocycles. The first-order chi connectivity index (χ1) is 8.57. The molecule has 1 aliphatic rings. The largest absolute Gasteiger partial charge is 0.306 e. The molecule has 4 heteroatoms. The van der Waals surface area contributed by atoms with Crippen molar-refractivity contribution in [2.24, 2.45) is 0 Å². The van der Waals surface area contributed by atoms with Crippen LogP contribution in [-0.2, 0) is 5.54 Å². The quantitative estimate of drug-likeness (QED) is 0.909. The third kappa shape index (κ3) is 2.76. The molecule has 1 saturated heterocycles. The third-order valence-corrected chi connectivity index (χ3v) is 5.27. The number of nitrogens with one attached hydrogen (secondary N) is 1. The van der Waals surface area contributed by atoms with Crippen LogP contribution in [0.5, 0.6) is 0 Å². The zero-order chi connectivity index (χ0) is 13.2. The smallest absolute Gasteiger partial charge is 0.113 e. The Morgan fingerprint density at radius 2 is 2.00 bits per heavy atom. The molecule has 2 heterocycles. The monoisotopic (exact) mass is 267 g/mol. The Bertz CT molecular complexity index is 367. The van der Waals surface area contributed by atoms with E-state index in [1.54, 1.807) is 0 Å². The highest BCUT2D eigenvalue weighted by Crippen LogP contribution is 2.36. The summed E-state index contributed by atoms with van der Waals surface area (Å²) in [7, 11) is 2.21. The van der Waals surface area contributed by atoms with E-state index in [0.717, 1.165) is 19.6 Å². The number of aryl methyl sites for hydroxylation is 2. The van der Waals surface area contributed by atoms with Gasteiger partial charge in [-0.1, -0.05) is 6.92 Å². The van der Waals surface area contributed by atoms with Gasteiger partial charge in [0.15, 0.2) is 0 Å². The minimum Gasteiger partial charge on any atom is -0.306 e. The number of hydrogen-bond acceptors (Lipinski definition) is 4. The maximum atomic E-state index is 4.82. The Labute approximate surface area is 115 Å². The zero-order valence-electron chi connectivity index (χ0n) is 12.0. The van der Waals surface area contributed by atoms with Crippen molar-refractivity contribution in [1.82, 2.24) is 15.2 Å². The molecule has 1 aliphatic heterocycles. The maximum absolute atomic E-state index is 4.82. The highest BCUT2D eigenvalue weighted by atomic mass is 32.1. The van der Waals surface area contributed by atoms with E-state index in [2.05, 4.69) is 38.0 Å². The second kappa shape index (κ2) is 5.68. The van der Waals surface area contributed by atoms with Crippen LogP contribution in [0.4, 0.5) is 0 Å². The van der Waals surface area contributed by atoms with Gasteiger partial charge in [0, 0.05) is 18.0 Å². The minimum absolute atomic E-state index is 0.131. The fourth-order valence-electron chi connectivity index (χ4n) is 2.51. The topological polar surface area (TPSA) is 28.2 Å². The van der Waals surface area contributed by atoms with Gasteiger partial charge in [0.25, 0.3) is 0 Å². The van der Waals surface area contributed by atoms with Gasteiger partial charge in [0.05, 0.1) is 11.2 Å². The van der Waals surface area contributed by atoms with Crippen molar-refractivity contribution in [2.45, 2.75) is 45.6 Å². The molecule has 1 aromatic heterocycles. The van der Waals surface area contributed by atoms with Crippen LogP contribution in [0.25, 0.3) is 0 Å². The van der Waals surface area contributed by atoms with Crippen molar-refractivity contribution < 1.29 is 0 Å². The normalized spacial score (nSPS) is 20.2. The van der Waals surface area contributed by atoms with Gasteiger partial charge in [-0.05, 0) is 46.7 Å². The highest BCUT2D eigenvalue weighted by Gasteiger charge is 2.37. The molecular weight excluding hydrogens is 242 g/mol. The number of thiazole rings is 1. The lowest BCUT2D eigenvalue weighted by atomic mass is 9.88. The fourth-order valence-corrected chi connectivity index (χ4v) is 3.65. The second-order valence-electron chi connectivity index (χ2n) is 5.47. The summed E-state index contributed by atoms with van der Waals surface area (Å²) in [6, 6.07) is 0. The SMILES string of the molecule is CCCNC1(c2nc(C)c(C)s2)CCN(C)CC1. The summed E-state index contributed by atoms with van der Waals surface area (Å²) in [4.78, 5) is 8.60. The highest BCUT2D eigenvalue weighted by molar-refractivity contribution is 7.11. The van der Waals surface area contributed by atoms with Gasteiger partial charge in [0.2, 0.25) is 0 Å². The van der Waals surface area contributed by atoms with E-state index in [-0.39, 0.29) is 5.54 Å². The van der Waals surface area contributed by atoms with Gasteiger partial charge in [-0.2, -0.15) is 0 Å². The number of aromatic nitrogens is 1. The number of rotatable bonds is 4. The molecule has 2 rings (SSSR count). The minimum atomic E-state index is 0.131. The van der Waals surface area contributed by atoms with Crippen LogP contribution in [0.1, 0.15) is 41.8 Å². The molecule has 0 aliphatic carbocycles. The third-order valence-electron chi connectivity index (χ3n) is 3.99. The molecule has 0 bridgehead atoms. The first-order valence-corrected chi connectivity index (χ1v) is 7.77. The van der Waals surface area contributed by atoms with Crippen molar-refractivity contribution in [3.63, 3.8) is 0 Å². The van der Waals surface area contributed by atoms with E-state index >= 15 is 0 Å². The van der Waals surface area contributed by atoms with Crippen LogP contribution in [0.2, 0.25) is 0 Å². The van der Waals surface area contributed by atoms with Gasteiger partial charge in [-0.3, -0.25) is 0 Å². The predicted molar refractivity (Wildman–Crippen MR) is 78.3 cm³/mol. The molecule has 1 N–H and O–H groups in total. The summed E-state index contributed by atoms with van der Waals surface area (Å²) >= 11 is 1.88. The van der Waals surface area contributed by atoms with Crippen LogP contribution in [0, 0.1) is 13.8 Å². The second-order valence-corrected chi connectivity index (χ2v) is 6.68. The molecule has 0 spiro atoms. The molecule has 102 valence electrons. The molecule has 0 unspecified atom stereocenters.